The van der Waals surface area contributed by atoms with Gasteiger partial charge < -0.3 is 5.32 Å². The van der Waals surface area contributed by atoms with Crippen molar-refractivity contribution in [3.8, 4) is 0 Å². The number of rotatable bonds is 9. The van der Waals surface area contributed by atoms with Gasteiger partial charge in [-0.15, -0.1) is 0 Å². The third-order valence-electron chi connectivity index (χ3n) is 3.20. The predicted molar refractivity (Wildman–Crippen MR) is 82.0 cm³/mol. The molecule has 0 saturated carbocycles. The van der Waals surface area contributed by atoms with E-state index < -0.39 is 0 Å². The van der Waals surface area contributed by atoms with Gasteiger partial charge in [0.15, 0.2) is 0 Å². The van der Waals surface area contributed by atoms with Gasteiger partial charge in [0.05, 0.1) is 4.92 Å². The van der Waals surface area contributed by atoms with Gasteiger partial charge in [0, 0.05) is 18.8 Å². The molecule has 5 nitrogen and oxygen atoms in total. The van der Waals surface area contributed by atoms with Crippen molar-refractivity contribution >= 4 is 11.5 Å². The number of unbranched alkanes of at least 4 members (excludes halogenated alkanes) is 3. The minimum Gasteiger partial charge on any atom is -0.364 e. The van der Waals surface area contributed by atoms with Crippen molar-refractivity contribution in [2.75, 3.05) is 11.9 Å². The third-order valence-corrected chi connectivity index (χ3v) is 3.20. The van der Waals surface area contributed by atoms with Crippen LogP contribution >= 0.6 is 0 Å². The fourth-order valence-corrected chi connectivity index (χ4v) is 2.07. The Bertz CT molecular complexity index is 433. The molecule has 5 heteroatoms. The van der Waals surface area contributed by atoms with E-state index in [2.05, 4.69) is 24.1 Å². The Hall–Kier alpha value is -1.65. The predicted octanol–water partition coefficient (Wildman–Crippen LogP) is 4.32. The molecule has 0 saturated heterocycles. The van der Waals surface area contributed by atoms with E-state index in [1.807, 2.05) is 0 Å². The van der Waals surface area contributed by atoms with Gasteiger partial charge in [0.1, 0.15) is 0 Å². The summed E-state index contributed by atoms with van der Waals surface area (Å²) >= 11 is 0. The zero-order chi connectivity index (χ0) is 15.0. The number of anilines is 1. The van der Waals surface area contributed by atoms with E-state index in [1.54, 1.807) is 19.2 Å². The van der Waals surface area contributed by atoms with E-state index in [-0.39, 0.29) is 10.6 Å². The van der Waals surface area contributed by atoms with Crippen LogP contribution in [0.2, 0.25) is 0 Å². The third kappa shape index (κ3) is 5.99. The van der Waals surface area contributed by atoms with Crippen molar-refractivity contribution in [1.82, 2.24) is 4.98 Å². The molecule has 0 radical (unpaired) electrons. The van der Waals surface area contributed by atoms with Crippen LogP contribution in [-0.4, -0.2) is 16.5 Å². The highest BCUT2D eigenvalue weighted by Gasteiger charge is 2.14. The molecular formula is C15H25N3O2. The Morgan fingerprint density at radius 1 is 1.30 bits per heavy atom. The maximum atomic E-state index is 10.9. The van der Waals surface area contributed by atoms with E-state index in [9.17, 15) is 10.1 Å². The summed E-state index contributed by atoms with van der Waals surface area (Å²) in [6.45, 7) is 7.02. The molecule has 1 aromatic rings. The van der Waals surface area contributed by atoms with Crippen LogP contribution < -0.4 is 5.32 Å². The largest absolute Gasteiger partial charge is 0.364 e. The molecule has 0 aliphatic rings. The SMILES string of the molecule is Cc1cnc(NCCCCCCC(C)C)c([N+](=O)[O-])c1. The van der Waals surface area contributed by atoms with Crippen molar-refractivity contribution in [2.45, 2.75) is 52.9 Å². The van der Waals surface area contributed by atoms with Crippen molar-refractivity contribution in [3.63, 3.8) is 0 Å². The van der Waals surface area contributed by atoms with E-state index in [0.29, 0.717) is 5.82 Å². The molecule has 0 spiro atoms. The van der Waals surface area contributed by atoms with Crippen molar-refractivity contribution in [2.24, 2.45) is 5.92 Å². The summed E-state index contributed by atoms with van der Waals surface area (Å²) in [4.78, 5) is 14.7. The van der Waals surface area contributed by atoms with Gasteiger partial charge in [0.2, 0.25) is 5.82 Å². The fraction of sp³-hybridized carbons (Fsp3) is 0.667. The van der Waals surface area contributed by atoms with Crippen LogP contribution in [0.25, 0.3) is 0 Å². The molecular weight excluding hydrogens is 254 g/mol. The van der Waals surface area contributed by atoms with Gasteiger partial charge in [-0.25, -0.2) is 4.98 Å². The van der Waals surface area contributed by atoms with E-state index in [0.717, 1.165) is 30.9 Å². The average molecular weight is 279 g/mol. The highest BCUT2D eigenvalue weighted by Crippen LogP contribution is 2.22. The van der Waals surface area contributed by atoms with Gasteiger partial charge >= 0.3 is 5.69 Å². The van der Waals surface area contributed by atoms with Crippen LogP contribution in [0.15, 0.2) is 12.3 Å². The Labute approximate surface area is 121 Å². The number of nitro groups is 1. The van der Waals surface area contributed by atoms with Crippen LogP contribution in [0.3, 0.4) is 0 Å². The van der Waals surface area contributed by atoms with Crippen molar-refractivity contribution in [3.05, 3.63) is 27.9 Å². The van der Waals surface area contributed by atoms with Crippen LogP contribution in [0, 0.1) is 23.0 Å². The molecule has 0 aliphatic heterocycles. The van der Waals surface area contributed by atoms with Crippen molar-refractivity contribution in [1.29, 1.82) is 0 Å². The first kappa shape index (κ1) is 16.4. The Balaban J connectivity index is 2.30. The van der Waals surface area contributed by atoms with Crippen LogP contribution in [-0.2, 0) is 0 Å². The van der Waals surface area contributed by atoms with Gasteiger partial charge in [-0.05, 0) is 24.8 Å². The number of pyridine rings is 1. The number of nitrogens with zero attached hydrogens (tertiary/aromatic N) is 2. The molecule has 0 amide bonds. The summed E-state index contributed by atoms with van der Waals surface area (Å²) in [6.07, 6.45) is 7.59. The second kappa shape index (κ2) is 8.51. The molecule has 1 N–H and O–H groups in total. The molecule has 1 rings (SSSR count). The summed E-state index contributed by atoms with van der Waals surface area (Å²) < 4.78 is 0. The number of aromatic nitrogens is 1. The van der Waals surface area contributed by atoms with Gasteiger partial charge in [0.25, 0.3) is 0 Å². The Morgan fingerprint density at radius 2 is 2.00 bits per heavy atom. The first-order valence-corrected chi connectivity index (χ1v) is 7.35. The lowest BCUT2D eigenvalue weighted by Crippen LogP contribution is -2.06. The summed E-state index contributed by atoms with van der Waals surface area (Å²) in [5, 5.41) is 14.0. The lowest BCUT2D eigenvalue weighted by Gasteiger charge is -2.07. The Morgan fingerprint density at radius 3 is 2.65 bits per heavy atom. The van der Waals surface area contributed by atoms with E-state index in [4.69, 9.17) is 0 Å². The molecule has 0 atom stereocenters. The van der Waals surface area contributed by atoms with Gasteiger partial charge in [-0.2, -0.15) is 0 Å². The first-order valence-electron chi connectivity index (χ1n) is 7.35. The molecule has 0 unspecified atom stereocenters. The second-order valence-corrected chi connectivity index (χ2v) is 5.66. The van der Waals surface area contributed by atoms with Gasteiger partial charge in [-0.1, -0.05) is 39.5 Å². The highest BCUT2D eigenvalue weighted by molar-refractivity contribution is 5.56. The van der Waals surface area contributed by atoms with Crippen molar-refractivity contribution < 1.29 is 4.92 Å². The number of hydrogen-bond acceptors (Lipinski definition) is 4. The summed E-state index contributed by atoms with van der Waals surface area (Å²) in [7, 11) is 0. The molecule has 0 aliphatic carbocycles. The van der Waals surface area contributed by atoms with Crippen LogP contribution in [0.4, 0.5) is 11.5 Å². The van der Waals surface area contributed by atoms with E-state index in [1.165, 1.54) is 19.3 Å². The van der Waals surface area contributed by atoms with E-state index >= 15 is 0 Å². The minimum absolute atomic E-state index is 0.0600. The molecule has 0 aromatic carbocycles. The summed E-state index contributed by atoms with van der Waals surface area (Å²) in [6, 6.07) is 1.55. The smallest absolute Gasteiger partial charge is 0.311 e. The lowest BCUT2D eigenvalue weighted by atomic mass is 10.0. The summed E-state index contributed by atoms with van der Waals surface area (Å²) in [5.41, 5.74) is 0.862. The number of aryl methyl sites for hydroxylation is 1. The molecule has 1 aromatic heterocycles. The highest BCUT2D eigenvalue weighted by atomic mass is 16.6. The second-order valence-electron chi connectivity index (χ2n) is 5.66. The monoisotopic (exact) mass is 279 g/mol. The van der Waals surface area contributed by atoms with Crippen LogP contribution in [0.5, 0.6) is 0 Å². The average Bonchev–Trinajstić information content (AvgIpc) is 2.38. The maximum Gasteiger partial charge on any atom is 0.311 e. The number of hydrogen-bond donors (Lipinski definition) is 1. The molecule has 0 bridgehead atoms. The topological polar surface area (TPSA) is 68.1 Å². The minimum atomic E-state index is -0.384. The normalized spacial score (nSPS) is 10.8. The molecule has 20 heavy (non-hydrogen) atoms. The molecule has 0 fully saturated rings. The zero-order valence-corrected chi connectivity index (χ0v) is 12.7. The molecule has 1 heterocycles. The number of nitrogens with one attached hydrogen (secondary N) is 1. The summed E-state index contributed by atoms with van der Waals surface area (Å²) in [5.74, 6) is 1.15. The fourth-order valence-electron chi connectivity index (χ4n) is 2.07. The standard InChI is InChI=1S/C15H25N3O2/c1-12(2)8-6-4-5-7-9-16-15-14(18(19)20)10-13(3)11-17-15/h10-12H,4-9H2,1-3H3,(H,16,17). The zero-order valence-electron chi connectivity index (χ0n) is 12.7. The van der Waals surface area contributed by atoms with Gasteiger partial charge in [-0.3, -0.25) is 10.1 Å². The van der Waals surface area contributed by atoms with Crippen LogP contribution in [0.1, 0.15) is 51.5 Å². The lowest BCUT2D eigenvalue weighted by molar-refractivity contribution is -0.384. The first-order chi connectivity index (χ1) is 9.50. The molecule has 112 valence electrons. The quantitative estimate of drug-likeness (QED) is 0.415. The Kier molecular flexibility index (Phi) is 6.98. The maximum absolute atomic E-state index is 10.9.